The molecule has 1 saturated heterocycles. The maximum atomic E-state index is 13.8. The number of nitrogens with zero attached hydrogens (tertiary/aromatic N) is 1. The molecule has 44 heavy (non-hydrogen) atoms. The van der Waals surface area contributed by atoms with Crippen LogP contribution in [0.1, 0.15) is 26.9 Å². The minimum absolute atomic E-state index is 0.108. The SMILES string of the molecule is O=C(SCCOP(=O)(C[C@@H](O)[C@H]1O[C@@H](n2ccc(=O)[nH]c2=O)[C@H](O)[C@@H]1O)OCCSC(=O)c1ccccc1)c1ccccc1. The van der Waals surface area contributed by atoms with E-state index in [1.165, 1.54) is 0 Å². The number of nitrogens with one attached hydrogen (secondary N) is 1. The van der Waals surface area contributed by atoms with Crippen molar-refractivity contribution in [3.8, 4) is 0 Å². The second-order valence-corrected chi connectivity index (χ2v) is 13.8. The van der Waals surface area contributed by atoms with E-state index in [4.69, 9.17) is 13.8 Å². The van der Waals surface area contributed by atoms with Gasteiger partial charge in [-0.2, -0.15) is 0 Å². The highest BCUT2D eigenvalue weighted by Gasteiger charge is 2.49. The lowest BCUT2D eigenvalue weighted by molar-refractivity contribution is -0.0806. The Bertz CT molecular complexity index is 1510. The van der Waals surface area contributed by atoms with Gasteiger partial charge in [-0.15, -0.1) is 0 Å². The number of carbonyl (C=O) groups excluding carboxylic acids is 2. The Morgan fingerprint density at radius 1 is 0.886 bits per heavy atom. The first-order valence-electron chi connectivity index (χ1n) is 13.4. The summed E-state index contributed by atoms with van der Waals surface area (Å²) in [5.74, 6) is 0.216. The highest BCUT2D eigenvalue weighted by molar-refractivity contribution is 8.14. The average molecular weight is 667 g/mol. The van der Waals surface area contributed by atoms with Gasteiger partial charge in [0.1, 0.15) is 18.3 Å². The normalized spacial score (nSPS) is 20.8. The van der Waals surface area contributed by atoms with Gasteiger partial charge < -0.3 is 29.1 Å². The minimum Gasteiger partial charge on any atom is -0.390 e. The van der Waals surface area contributed by atoms with Crippen molar-refractivity contribution in [1.82, 2.24) is 9.55 Å². The Labute approximate surface area is 260 Å². The van der Waals surface area contributed by atoms with Gasteiger partial charge in [0.2, 0.25) is 10.2 Å². The number of hydrogen-bond donors (Lipinski definition) is 4. The van der Waals surface area contributed by atoms with Crippen LogP contribution in [-0.4, -0.2) is 90.4 Å². The van der Waals surface area contributed by atoms with E-state index in [1.54, 1.807) is 60.7 Å². The number of aliphatic hydroxyl groups is 3. The molecule has 4 N–H and O–H groups in total. The monoisotopic (exact) mass is 666 g/mol. The molecule has 0 bridgehead atoms. The second-order valence-electron chi connectivity index (χ2n) is 9.52. The number of aliphatic hydroxyl groups excluding tert-OH is 3. The summed E-state index contributed by atoms with van der Waals surface area (Å²) in [6.07, 6.45) is -7.68. The molecule has 1 fully saturated rings. The maximum absolute atomic E-state index is 13.8. The van der Waals surface area contributed by atoms with Gasteiger partial charge in [0.25, 0.3) is 5.56 Å². The number of aromatic nitrogens is 2. The van der Waals surface area contributed by atoms with Gasteiger partial charge in [-0.3, -0.25) is 28.5 Å². The molecular formula is C28H31N2O11PS2. The molecule has 0 unspecified atom stereocenters. The fourth-order valence-electron chi connectivity index (χ4n) is 4.27. The van der Waals surface area contributed by atoms with Crippen molar-refractivity contribution < 1.29 is 43.3 Å². The molecule has 1 aliphatic rings. The van der Waals surface area contributed by atoms with E-state index >= 15 is 0 Å². The molecule has 3 aromatic rings. The summed E-state index contributed by atoms with van der Waals surface area (Å²) in [5, 5.41) is 31.6. The van der Waals surface area contributed by atoms with Gasteiger partial charge in [-0.25, -0.2) is 4.79 Å². The number of aromatic amines is 1. The summed E-state index contributed by atoms with van der Waals surface area (Å²) in [5.41, 5.74) is -0.631. The molecule has 16 heteroatoms. The Hall–Kier alpha value is -2.85. The van der Waals surface area contributed by atoms with Crippen LogP contribution in [0.25, 0.3) is 0 Å². The van der Waals surface area contributed by atoms with Crippen molar-refractivity contribution in [3.05, 3.63) is 105 Å². The summed E-state index contributed by atoms with van der Waals surface area (Å²) in [7, 11) is -4.13. The van der Waals surface area contributed by atoms with Gasteiger partial charge in [-0.05, 0) is 0 Å². The summed E-state index contributed by atoms with van der Waals surface area (Å²) in [6.45, 7) is -0.398. The first-order chi connectivity index (χ1) is 21.1. The van der Waals surface area contributed by atoms with E-state index in [0.29, 0.717) is 11.1 Å². The Morgan fingerprint density at radius 3 is 1.91 bits per heavy atom. The average Bonchev–Trinajstić information content (AvgIpc) is 3.31. The molecular weight excluding hydrogens is 635 g/mol. The van der Waals surface area contributed by atoms with Crippen LogP contribution in [0.15, 0.2) is 82.5 Å². The molecule has 1 aliphatic heterocycles. The zero-order chi connectivity index (χ0) is 31.7. The lowest BCUT2D eigenvalue weighted by Crippen LogP contribution is -2.41. The van der Waals surface area contributed by atoms with E-state index in [0.717, 1.165) is 40.4 Å². The van der Waals surface area contributed by atoms with Crippen LogP contribution in [0.5, 0.6) is 0 Å². The summed E-state index contributed by atoms with van der Waals surface area (Å²) in [6, 6.07) is 18.1. The van der Waals surface area contributed by atoms with Crippen LogP contribution in [-0.2, 0) is 18.3 Å². The third-order valence-electron chi connectivity index (χ3n) is 6.42. The van der Waals surface area contributed by atoms with Crippen LogP contribution < -0.4 is 11.2 Å². The number of hydrogen-bond acceptors (Lipinski definition) is 13. The van der Waals surface area contributed by atoms with Crippen LogP contribution in [0.3, 0.4) is 0 Å². The van der Waals surface area contributed by atoms with E-state index in [1.807, 2.05) is 4.98 Å². The molecule has 0 saturated carbocycles. The molecule has 1 aromatic heterocycles. The number of carbonyl (C=O) groups is 2. The second kappa shape index (κ2) is 15.9. The highest BCUT2D eigenvalue weighted by Crippen LogP contribution is 2.50. The molecule has 0 amide bonds. The Balaban J connectivity index is 1.39. The fraction of sp³-hybridized carbons (Fsp3) is 0.357. The molecule has 13 nitrogen and oxygen atoms in total. The summed E-state index contributed by atoms with van der Waals surface area (Å²) < 4.78 is 31.3. The fourth-order valence-corrected chi connectivity index (χ4v) is 7.52. The molecule has 236 valence electrons. The molecule has 0 aliphatic carbocycles. The highest BCUT2D eigenvalue weighted by atomic mass is 32.2. The summed E-state index contributed by atoms with van der Waals surface area (Å²) in [4.78, 5) is 50.4. The molecule has 4 rings (SSSR count). The van der Waals surface area contributed by atoms with E-state index in [2.05, 4.69) is 0 Å². The topological polar surface area (TPSA) is 194 Å². The number of benzene rings is 2. The maximum Gasteiger partial charge on any atom is 0.333 e. The number of rotatable bonds is 14. The minimum atomic E-state index is -4.13. The van der Waals surface area contributed by atoms with E-state index in [9.17, 15) is 39.1 Å². The quantitative estimate of drug-likeness (QED) is 0.144. The van der Waals surface area contributed by atoms with Gasteiger partial charge in [-0.1, -0.05) is 84.2 Å². The molecule has 0 radical (unpaired) electrons. The number of ether oxygens (including phenoxy) is 1. The van der Waals surface area contributed by atoms with Crippen LogP contribution in [0.2, 0.25) is 0 Å². The third kappa shape index (κ3) is 9.10. The van der Waals surface area contributed by atoms with Gasteiger partial charge in [0.15, 0.2) is 6.23 Å². The lowest BCUT2D eigenvalue weighted by atomic mass is 10.1. The standard InChI is InChI=1S/C28H31N2O11PS2/c31-20(24-22(33)23(34)25(41-24)30-12-11-21(32)29-28(30)37)17-42(38,39-13-15-43-26(35)18-7-3-1-4-8-18)40-14-16-44-27(36)19-9-5-2-6-10-19/h1-12,20,22-25,31,33-34H,13-17H2,(H,29,32,37)/t20-,22+,23-,24-,25-/m1/s1. The first-order valence-corrected chi connectivity index (χ1v) is 17.1. The van der Waals surface area contributed by atoms with E-state index < -0.39 is 55.7 Å². The lowest BCUT2D eigenvalue weighted by Gasteiger charge is -2.25. The molecule has 5 atom stereocenters. The van der Waals surface area contributed by atoms with Crippen LogP contribution in [0.4, 0.5) is 0 Å². The van der Waals surface area contributed by atoms with Crippen molar-refractivity contribution in [2.24, 2.45) is 0 Å². The zero-order valence-corrected chi connectivity index (χ0v) is 25.7. The number of H-pyrrole nitrogens is 1. The van der Waals surface area contributed by atoms with E-state index in [-0.39, 0.29) is 35.0 Å². The van der Waals surface area contributed by atoms with Gasteiger partial charge >= 0.3 is 13.3 Å². The smallest absolute Gasteiger partial charge is 0.333 e. The van der Waals surface area contributed by atoms with Gasteiger partial charge in [0.05, 0.1) is 25.5 Å². The zero-order valence-electron chi connectivity index (χ0n) is 23.2. The molecule has 2 heterocycles. The van der Waals surface area contributed by atoms with Crippen molar-refractivity contribution in [3.63, 3.8) is 0 Å². The Kier molecular flexibility index (Phi) is 12.3. The molecule has 2 aromatic carbocycles. The van der Waals surface area contributed by atoms with Crippen LogP contribution >= 0.6 is 31.1 Å². The predicted octanol–water partition coefficient (Wildman–Crippen LogP) is 1.89. The van der Waals surface area contributed by atoms with Crippen molar-refractivity contribution in [2.75, 3.05) is 30.9 Å². The largest absolute Gasteiger partial charge is 0.390 e. The first kappa shape index (κ1) is 34.0. The summed E-state index contributed by atoms with van der Waals surface area (Å²) >= 11 is 1.88. The third-order valence-corrected chi connectivity index (χ3v) is 10.1. The van der Waals surface area contributed by atoms with Crippen molar-refractivity contribution in [1.29, 1.82) is 0 Å². The van der Waals surface area contributed by atoms with Crippen LogP contribution in [0, 0.1) is 0 Å². The predicted molar refractivity (Wildman–Crippen MR) is 164 cm³/mol. The van der Waals surface area contributed by atoms with Crippen molar-refractivity contribution in [2.45, 2.75) is 30.6 Å². The number of thioether (sulfide) groups is 2. The molecule has 0 spiro atoms. The Morgan fingerprint density at radius 2 is 1.41 bits per heavy atom. The van der Waals surface area contributed by atoms with Gasteiger partial charge in [0, 0.05) is 34.9 Å². The van der Waals surface area contributed by atoms with Crippen molar-refractivity contribution >= 4 is 41.4 Å².